The average molecular weight is 431 g/mol. The average Bonchev–Trinajstić information content (AvgIpc) is 2.60. The molecule has 2 rings (SSSR count). The van der Waals surface area contributed by atoms with Crippen LogP contribution in [0.2, 0.25) is 0 Å². The Balaban J connectivity index is 2.09. The molecule has 28 heavy (non-hydrogen) atoms. The van der Waals surface area contributed by atoms with Crippen molar-refractivity contribution in [2.45, 2.75) is 16.3 Å². The summed E-state index contributed by atoms with van der Waals surface area (Å²) < 4.78 is 63.8. The molecule has 0 saturated carbocycles. The van der Waals surface area contributed by atoms with Gasteiger partial charge in [0.1, 0.15) is 5.03 Å². The summed E-state index contributed by atoms with van der Waals surface area (Å²) in [6, 6.07) is 8.52. The first-order valence-electron chi connectivity index (χ1n) is 7.79. The zero-order chi connectivity index (χ0) is 20.8. The van der Waals surface area contributed by atoms with Crippen LogP contribution >= 0.6 is 11.8 Å². The van der Waals surface area contributed by atoms with E-state index in [1.54, 1.807) is 0 Å². The molecule has 1 heterocycles. The molecule has 0 unspecified atom stereocenters. The Labute approximate surface area is 164 Å². The van der Waals surface area contributed by atoms with E-state index in [-0.39, 0.29) is 17.9 Å². The Morgan fingerprint density at radius 1 is 1.21 bits per heavy atom. The molecule has 0 fully saturated rings. The molecule has 2 aromatic rings. The van der Waals surface area contributed by atoms with Crippen molar-refractivity contribution in [1.29, 1.82) is 0 Å². The molecular formula is C17H16F3N3O3S2. The Kier molecular flexibility index (Phi) is 7.22. The number of carbonyl (C=O) groups excluding carboxylic acids is 1. The van der Waals surface area contributed by atoms with E-state index >= 15 is 0 Å². The number of nitrogens with one attached hydrogen (secondary N) is 2. The van der Waals surface area contributed by atoms with Crippen LogP contribution in [0, 0.1) is 0 Å². The van der Waals surface area contributed by atoms with Crippen LogP contribution in [-0.2, 0) is 15.8 Å². The van der Waals surface area contributed by atoms with Gasteiger partial charge in [0.2, 0.25) is 10.0 Å². The maximum absolute atomic E-state index is 12.6. The Bertz CT molecular complexity index is 946. The zero-order valence-corrected chi connectivity index (χ0v) is 16.0. The number of amides is 1. The van der Waals surface area contributed by atoms with Crippen LogP contribution in [-0.4, -0.2) is 31.4 Å². The predicted octanol–water partition coefficient (Wildman–Crippen LogP) is 3.55. The van der Waals surface area contributed by atoms with Gasteiger partial charge in [-0.05, 0) is 29.8 Å². The summed E-state index contributed by atoms with van der Waals surface area (Å²) in [6.45, 7) is 3.54. The molecule has 2 N–H and O–H groups in total. The number of hydrogen-bond donors (Lipinski definition) is 2. The highest BCUT2D eigenvalue weighted by Gasteiger charge is 2.32. The number of halogens is 3. The number of benzene rings is 1. The van der Waals surface area contributed by atoms with Crippen molar-refractivity contribution >= 4 is 33.4 Å². The number of rotatable bonds is 8. The highest BCUT2D eigenvalue weighted by molar-refractivity contribution is 8.00. The van der Waals surface area contributed by atoms with Gasteiger partial charge in [-0.3, -0.25) is 4.79 Å². The summed E-state index contributed by atoms with van der Waals surface area (Å²) >= 11 is -0.471. The third-order valence-corrected chi connectivity index (χ3v) is 5.31. The van der Waals surface area contributed by atoms with Crippen molar-refractivity contribution in [1.82, 2.24) is 9.71 Å². The lowest BCUT2D eigenvalue weighted by Crippen LogP contribution is -2.25. The lowest BCUT2D eigenvalue weighted by atomic mass is 10.2. The molecule has 150 valence electrons. The Morgan fingerprint density at radius 2 is 1.89 bits per heavy atom. The molecule has 1 amide bonds. The number of nitrogens with zero attached hydrogens (tertiary/aromatic N) is 1. The van der Waals surface area contributed by atoms with E-state index in [4.69, 9.17) is 0 Å². The van der Waals surface area contributed by atoms with Gasteiger partial charge in [-0.2, -0.15) is 13.2 Å². The second-order valence-corrected chi connectivity index (χ2v) is 8.31. The van der Waals surface area contributed by atoms with Crippen molar-refractivity contribution in [2.24, 2.45) is 0 Å². The van der Waals surface area contributed by atoms with Crippen molar-refractivity contribution in [3.05, 3.63) is 66.4 Å². The lowest BCUT2D eigenvalue weighted by Gasteiger charge is -2.11. The molecular weight excluding hydrogens is 415 g/mol. The van der Waals surface area contributed by atoms with E-state index in [1.165, 1.54) is 48.7 Å². The van der Waals surface area contributed by atoms with Gasteiger partial charge in [0, 0.05) is 30.2 Å². The van der Waals surface area contributed by atoms with Crippen LogP contribution in [0.3, 0.4) is 0 Å². The van der Waals surface area contributed by atoms with Crippen LogP contribution in [0.15, 0.2) is 60.3 Å². The number of thioether (sulfide) groups is 1. The van der Waals surface area contributed by atoms with E-state index in [9.17, 15) is 26.4 Å². The Morgan fingerprint density at radius 3 is 2.50 bits per heavy atom. The fourth-order valence-electron chi connectivity index (χ4n) is 2.09. The molecule has 0 aliphatic rings. The number of hydrogen-bond acceptors (Lipinski definition) is 5. The lowest BCUT2D eigenvalue weighted by molar-refractivity contribution is -0.0329. The molecule has 0 aliphatic carbocycles. The van der Waals surface area contributed by atoms with Gasteiger partial charge in [0.25, 0.3) is 5.91 Å². The van der Waals surface area contributed by atoms with Crippen LogP contribution in [0.1, 0.15) is 15.9 Å². The molecule has 0 aliphatic heterocycles. The van der Waals surface area contributed by atoms with Crippen molar-refractivity contribution in [3.63, 3.8) is 0 Å². The van der Waals surface area contributed by atoms with Crippen molar-refractivity contribution < 1.29 is 26.4 Å². The van der Waals surface area contributed by atoms with Crippen LogP contribution in [0.5, 0.6) is 0 Å². The molecule has 1 aromatic heterocycles. The SMILES string of the molecule is C=CCNS(=O)(=O)Cc1ccc(NC(=O)c2cccnc2SC(F)(F)F)cc1. The number of sulfonamides is 1. The summed E-state index contributed by atoms with van der Waals surface area (Å²) in [6.07, 6.45) is 2.58. The monoisotopic (exact) mass is 431 g/mol. The molecule has 0 saturated heterocycles. The fourth-order valence-corrected chi connectivity index (χ4v) is 3.80. The standard InChI is InChI=1S/C17H16F3N3O3S2/c1-2-9-22-28(25,26)11-12-5-7-13(8-6-12)23-15(24)14-4-3-10-21-16(14)27-17(18,19)20/h2-8,10,22H,1,9,11H2,(H,23,24). The minimum absolute atomic E-state index is 0.111. The normalized spacial score (nSPS) is 11.8. The van der Waals surface area contributed by atoms with Crippen LogP contribution in [0.4, 0.5) is 18.9 Å². The first kappa shape index (κ1) is 21.9. The molecule has 0 bridgehead atoms. The minimum Gasteiger partial charge on any atom is -0.322 e. The molecule has 6 nitrogen and oxygen atoms in total. The maximum Gasteiger partial charge on any atom is 0.447 e. The number of carbonyl (C=O) groups is 1. The van der Waals surface area contributed by atoms with E-state index in [0.29, 0.717) is 11.3 Å². The maximum atomic E-state index is 12.6. The summed E-state index contributed by atoms with van der Waals surface area (Å²) in [5.74, 6) is -1.02. The smallest absolute Gasteiger partial charge is 0.322 e. The summed E-state index contributed by atoms with van der Waals surface area (Å²) in [5, 5.41) is 2.02. The molecule has 1 aromatic carbocycles. The van der Waals surface area contributed by atoms with E-state index in [0.717, 1.165) is 0 Å². The Hall–Kier alpha value is -2.37. The van der Waals surface area contributed by atoms with Gasteiger partial charge >= 0.3 is 5.51 Å². The number of aromatic nitrogens is 1. The largest absolute Gasteiger partial charge is 0.447 e. The van der Waals surface area contributed by atoms with E-state index in [1.807, 2.05) is 0 Å². The highest BCUT2D eigenvalue weighted by Crippen LogP contribution is 2.37. The van der Waals surface area contributed by atoms with Gasteiger partial charge in [-0.15, -0.1) is 6.58 Å². The highest BCUT2D eigenvalue weighted by atomic mass is 32.2. The first-order valence-corrected chi connectivity index (χ1v) is 10.3. The third kappa shape index (κ3) is 6.98. The second-order valence-electron chi connectivity index (χ2n) is 5.45. The number of anilines is 1. The van der Waals surface area contributed by atoms with Gasteiger partial charge in [-0.25, -0.2) is 18.1 Å². The van der Waals surface area contributed by atoms with E-state index in [2.05, 4.69) is 21.6 Å². The summed E-state index contributed by atoms with van der Waals surface area (Å²) in [4.78, 5) is 15.9. The number of alkyl halides is 3. The number of pyridine rings is 1. The topological polar surface area (TPSA) is 88.2 Å². The third-order valence-electron chi connectivity index (χ3n) is 3.24. The summed E-state index contributed by atoms with van der Waals surface area (Å²) in [7, 11) is -3.52. The zero-order valence-electron chi connectivity index (χ0n) is 14.4. The van der Waals surface area contributed by atoms with Gasteiger partial charge in [-0.1, -0.05) is 18.2 Å². The van der Waals surface area contributed by atoms with E-state index < -0.39 is 38.2 Å². The minimum atomic E-state index is -4.57. The van der Waals surface area contributed by atoms with Crippen molar-refractivity contribution in [3.8, 4) is 0 Å². The molecule has 0 radical (unpaired) electrons. The van der Waals surface area contributed by atoms with Gasteiger partial charge in [0.15, 0.2) is 0 Å². The molecule has 0 atom stereocenters. The molecule has 0 spiro atoms. The molecule has 11 heteroatoms. The first-order chi connectivity index (χ1) is 13.1. The van der Waals surface area contributed by atoms with Gasteiger partial charge in [0.05, 0.1) is 11.3 Å². The predicted molar refractivity (Wildman–Crippen MR) is 101 cm³/mol. The fraction of sp³-hybridized carbons (Fsp3) is 0.176. The van der Waals surface area contributed by atoms with Crippen molar-refractivity contribution in [2.75, 3.05) is 11.9 Å². The van der Waals surface area contributed by atoms with Gasteiger partial charge < -0.3 is 5.32 Å². The summed E-state index contributed by atoms with van der Waals surface area (Å²) in [5.41, 5.74) is -4.01. The quantitative estimate of drug-likeness (QED) is 0.493. The van der Waals surface area contributed by atoms with Crippen LogP contribution < -0.4 is 10.0 Å². The van der Waals surface area contributed by atoms with Crippen LogP contribution in [0.25, 0.3) is 0 Å². The second kappa shape index (κ2) is 9.22.